The second kappa shape index (κ2) is 3.44. The molecule has 0 heterocycles. The number of aryl methyl sites for hydroxylation is 2. The molecule has 0 bridgehead atoms. The fourth-order valence-corrected chi connectivity index (χ4v) is 1.71. The van der Waals surface area contributed by atoms with Crippen LogP contribution in [0.5, 0.6) is 0 Å². The van der Waals surface area contributed by atoms with Crippen LogP contribution < -0.4 is 0 Å². The van der Waals surface area contributed by atoms with Crippen LogP contribution in [0.25, 0.3) is 0 Å². The van der Waals surface area contributed by atoms with Gasteiger partial charge in [0.25, 0.3) is 0 Å². The van der Waals surface area contributed by atoms with E-state index in [0.717, 1.165) is 0 Å². The molecule has 54 valence electrons. The number of benzene rings is 1. The maximum absolute atomic E-state index is 3.33. The lowest BCUT2D eigenvalue weighted by Gasteiger charge is -1.99. The summed E-state index contributed by atoms with van der Waals surface area (Å²) in [5.41, 5.74) is 2.70. The van der Waals surface area contributed by atoms with Crippen molar-refractivity contribution in [3.63, 3.8) is 0 Å². The van der Waals surface area contributed by atoms with E-state index < -0.39 is 0 Å². The molecular weight excluding hydrogens is 208 g/mol. The summed E-state index contributed by atoms with van der Waals surface area (Å²) >= 11 is 3.33. The van der Waals surface area contributed by atoms with E-state index in [9.17, 15) is 0 Å². The van der Waals surface area contributed by atoms with Crippen LogP contribution in [0.2, 0.25) is 0 Å². The summed E-state index contributed by atoms with van der Waals surface area (Å²) in [5, 5.41) is 0. The molecule has 1 rings (SSSR count). The fourth-order valence-electron chi connectivity index (χ4n) is 0.762. The number of halogens is 1. The highest BCUT2D eigenvalue weighted by Crippen LogP contribution is 2.25. The molecule has 1 aromatic rings. The van der Waals surface area contributed by atoms with Crippen molar-refractivity contribution in [2.45, 2.75) is 18.7 Å². The van der Waals surface area contributed by atoms with Crippen molar-refractivity contribution in [3.05, 3.63) is 29.3 Å². The Labute approximate surface area is 73.2 Å². The molecule has 0 atom stereocenters. The van der Waals surface area contributed by atoms with Gasteiger partial charge in [-0.2, -0.15) is 0 Å². The Bertz CT molecular complexity index is 233. The molecule has 10 heavy (non-hydrogen) atoms. The zero-order valence-electron chi connectivity index (χ0n) is 6.02. The Morgan fingerprint density at radius 2 is 1.90 bits per heavy atom. The number of hydrogen-bond acceptors (Lipinski definition) is 1. The summed E-state index contributed by atoms with van der Waals surface area (Å²) < 4.78 is 0. The van der Waals surface area contributed by atoms with E-state index in [1.807, 2.05) is 0 Å². The summed E-state index contributed by atoms with van der Waals surface area (Å²) in [6.07, 6.45) is 0. The lowest BCUT2D eigenvalue weighted by Crippen LogP contribution is -1.78. The molecule has 0 radical (unpaired) electrons. The Kier molecular flexibility index (Phi) is 2.81. The van der Waals surface area contributed by atoms with Crippen molar-refractivity contribution < 1.29 is 0 Å². The molecule has 0 N–H and O–H groups in total. The van der Waals surface area contributed by atoms with Gasteiger partial charge < -0.3 is 0 Å². The van der Waals surface area contributed by atoms with E-state index in [4.69, 9.17) is 0 Å². The molecule has 1 aromatic carbocycles. The maximum atomic E-state index is 3.33. The van der Waals surface area contributed by atoms with Gasteiger partial charge in [0.2, 0.25) is 0 Å². The third-order valence-corrected chi connectivity index (χ3v) is 3.12. The fraction of sp³-hybridized carbons (Fsp3) is 0.250. The first-order chi connectivity index (χ1) is 4.74. The van der Waals surface area contributed by atoms with Gasteiger partial charge in [-0.3, -0.25) is 0 Å². The highest BCUT2D eigenvalue weighted by molar-refractivity contribution is 9.50. The lowest BCUT2D eigenvalue weighted by atomic mass is 10.1. The molecule has 0 saturated carbocycles. The van der Waals surface area contributed by atoms with Crippen LogP contribution >= 0.6 is 25.0 Å². The number of rotatable bonds is 1. The van der Waals surface area contributed by atoms with Crippen molar-refractivity contribution in [2.24, 2.45) is 0 Å². The van der Waals surface area contributed by atoms with Gasteiger partial charge in [0.05, 0.1) is 0 Å². The minimum absolute atomic E-state index is 1.27. The van der Waals surface area contributed by atoms with Gasteiger partial charge in [0.1, 0.15) is 0 Å². The van der Waals surface area contributed by atoms with Crippen LogP contribution in [0.15, 0.2) is 23.1 Å². The summed E-state index contributed by atoms with van der Waals surface area (Å²) in [5.74, 6) is 0. The summed E-state index contributed by atoms with van der Waals surface area (Å²) in [6, 6.07) is 6.43. The summed E-state index contributed by atoms with van der Waals surface area (Å²) in [7, 11) is 1.60. The molecule has 2 heteroatoms. The van der Waals surface area contributed by atoms with Crippen molar-refractivity contribution in [3.8, 4) is 0 Å². The van der Waals surface area contributed by atoms with Gasteiger partial charge in [-0.25, -0.2) is 0 Å². The van der Waals surface area contributed by atoms with Crippen LogP contribution in [0.3, 0.4) is 0 Å². The molecule has 0 aliphatic heterocycles. The zero-order valence-corrected chi connectivity index (χ0v) is 8.42. The molecule has 0 aromatic heterocycles. The molecule has 0 fully saturated rings. The van der Waals surface area contributed by atoms with Crippen LogP contribution in [0, 0.1) is 13.8 Å². The first kappa shape index (κ1) is 8.15. The highest BCUT2D eigenvalue weighted by Gasteiger charge is 1.93. The first-order valence-corrected chi connectivity index (χ1v) is 5.76. The topological polar surface area (TPSA) is 0 Å². The SMILES string of the molecule is Cc1ccc(SBr)cc1C. The smallest absolute Gasteiger partial charge is 0.0191 e. The Balaban J connectivity index is 3.04. The number of hydrogen-bond donors (Lipinski definition) is 0. The summed E-state index contributed by atoms with van der Waals surface area (Å²) in [6.45, 7) is 4.25. The Hall–Kier alpha value is 0.0500. The molecule has 0 amide bonds. The molecule has 0 unspecified atom stereocenters. The third kappa shape index (κ3) is 1.77. The minimum Gasteiger partial charge on any atom is -0.0579 e. The van der Waals surface area contributed by atoms with Crippen molar-refractivity contribution in [2.75, 3.05) is 0 Å². The molecule has 0 spiro atoms. The first-order valence-electron chi connectivity index (χ1n) is 3.10. The van der Waals surface area contributed by atoms with Crippen molar-refractivity contribution in [1.29, 1.82) is 0 Å². The van der Waals surface area contributed by atoms with Gasteiger partial charge >= 0.3 is 0 Å². The average molecular weight is 217 g/mol. The van der Waals surface area contributed by atoms with Gasteiger partial charge in [0, 0.05) is 4.90 Å². The average Bonchev–Trinajstić information content (AvgIpc) is 1.95. The van der Waals surface area contributed by atoms with E-state index in [1.165, 1.54) is 16.0 Å². The molecule has 0 saturated heterocycles. The van der Waals surface area contributed by atoms with Crippen molar-refractivity contribution in [1.82, 2.24) is 0 Å². The van der Waals surface area contributed by atoms with Crippen LogP contribution in [-0.4, -0.2) is 0 Å². The minimum atomic E-state index is 1.27. The Morgan fingerprint density at radius 3 is 2.40 bits per heavy atom. The molecular formula is C8H9BrS. The van der Waals surface area contributed by atoms with Gasteiger partial charge in [-0.1, -0.05) is 6.07 Å². The van der Waals surface area contributed by atoms with E-state index in [2.05, 4.69) is 46.9 Å². The van der Waals surface area contributed by atoms with Crippen LogP contribution in [-0.2, 0) is 0 Å². The predicted octanol–water partition coefficient (Wildman–Crippen LogP) is 3.71. The quantitative estimate of drug-likeness (QED) is 0.691. The lowest BCUT2D eigenvalue weighted by molar-refractivity contribution is 1.28. The predicted molar refractivity (Wildman–Crippen MR) is 50.7 cm³/mol. The monoisotopic (exact) mass is 216 g/mol. The molecule has 0 aliphatic rings. The maximum Gasteiger partial charge on any atom is 0.0191 e. The van der Waals surface area contributed by atoms with E-state index in [1.54, 1.807) is 10.2 Å². The standard InChI is InChI=1S/C8H9BrS/c1-6-3-4-8(10-9)5-7(6)2/h3-5H,1-2H3. The highest BCUT2D eigenvalue weighted by atomic mass is 79.9. The van der Waals surface area contributed by atoms with Gasteiger partial charge in [-0.05, 0) is 62.1 Å². The van der Waals surface area contributed by atoms with E-state index in [-0.39, 0.29) is 0 Å². The van der Waals surface area contributed by atoms with E-state index >= 15 is 0 Å². The van der Waals surface area contributed by atoms with E-state index in [0.29, 0.717) is 0 Å². The van der Waals surface area contributed by atoms with Gasteiger partial charge in [0.15, 0.2) is 0 Å². The second-order valence-electron chi connectivity index (χ2n) is 2.32. The second-order valence-corrected chi connectivity index (χ2v) is 3.92. The van der Waals surface area contributed by atoms with Gasteiger partial charge in [-0.15, -0.1) is 0 Å². The van der Waals surface area contributed by atoms with Crippen LogP contribution in [0.4, 0.5) is 0 Å². The van der Waals surface area contributed by atoms with Crippen LogP contribution in [0.1, 0.15) is 11.1 Å². The largest absolute Gasteiger partial charge is 0.0579 e. The summed E-state index contributed by atoms with van der Waals surface area (Å²) in [4.78, 5) is 1.27. The molecule has 0 aliphatic carbocycles. The molecule has 0 nitrogen and oxygen atoms in total. The zero-order chi connectivity index (χ0) is 7.56. The Morgan fingerprint density at radius 1 is 1.20 bits per heavy atom. The van der Waals surface area contributed by atoms with Crippen molar-refractivity contribution >= 4 is 25.0 Å². The third-order valence-electron chi connectivity index (χ3n) is 1.57. The normalized spacial score (nSPS) is 9.90.